The summed E-state index contributed by atoms with van der Waals surface area (Å²) in [4.78, 5) is 30.4. The largest absolute Gasteiger partial charge is 0.450 e. The molecule has 0 aliphatic carbocycles. The normalized spacial score (nSPS) is 10.8. The second-order valence-electron chi connectivity index (χ2n) is 8.90. The van der Waals surface area contributed by atoms with E-state index < -0.39 is 6.09 Å². The number of benzene rings is 3. The summed E-state index contributed by atoms with van der Waals surface area (Å²) >= 11 is 0. The van der Waals surface area contributed by atoms with Crippen LogP contribution in [0, 0.1) is 0 Å². The molecule has 0 unspecified atom stereocenters. The van der Waals surface area contributed by atoms with E-state index in [4.69, 9.17) is 10.5 Å². The fraction of sp³-hybridized carbons (Fsp3) is 0.133. The highest BCUT2D eigenvalue weighted by atomic mass is 16.5. The van der Waals surface area contributed by atoms with Crippen LogP contribution in [0.4, 0.5) is 22.1 Å². The highest BCUT2D eigenvalue weighted by molar-refractivity contribution is 5.91. The van der Waals surface area contributed by atoms with E-state index in [0.29, 0.717) is 41.4 Å². The zero-order valence-corrected chi connectivity index (χ0v) is 21.4. The maximum Gasteiger partial charge on any atom is 0.411 e. The first-order chi connectivity index (χ1) is 19.1. The van der Waals surface area contributed by atoms with Gasteiger partial charge in [-0.05, 0) is 35.7 Å². The molecule has 39 heavy (non-hydrogen) atoms. The molecule has 0 saturated carbocycles. The molecule has 0 saturated heterocycles. The molecular weight excluding hydrogens is 492 g/mol. The Bertz CT molecular complexity index is 1540. The number of nitrogens with one attached hydrogen (secondary N) is 1. The number of hydrogen-bond acceptors (Lipinski definition) is 7. The molecule has 5 aromatic rings. The minimum Gasteiger partial charge on any atom is -0.450 e. The van der Waals surface area contributed by atoms with Crippen molar-refractivity contribution in [3.8, 4) is 11.1 Å². The predicted octanol–water partition coefficient (Wildman–Crippen LogP) is 5.57. The number of nitrogens with two attached hydrogens (primary N) is 1. The molecule has 0 aliphatic heterocycles. The van der Waals surface area contributed by atoms with Gasteiger partial charge in [-0.1, -0.05) is 72.8 Å². The Hall–Kier alpha value is -5.18. The third-order valence-corrected chi connectivity index (χ3v) is 6.23. The number of aldehydes is 1. The number of ether oxygens (including phenoxy) is 1. The molecular formula is C30H28N6O3. The van der Waals surface area contributed by atoms with E-state index in [-0.39, 0.29) is 12.4 Å². The van der Waals surface area contributed by atoms with Crippen LogP contribution >= 0.6 is 0 Å². The van der Waals surface area contributed by atoms with Crippen LogP contribution in [0.15, 0.2) is 91.1 Å². The Balaban J connectivity index is 1.67. The first kappa shape index (κ1) is 25.5. The highest BCUT2D eigenvalue weighted by Crippen LogP contribution is 2.38. The standard InChI is InChI=1S/C30H28N6O3/c1-2-39-30(38)33-25-15-13-23(14-16-25)26-27(31)34-28-24(20-37)17-32-36(28)29(26)35(18-21-9-5-3-6-10-21)19-22-11-7-4-8-12-22/h3-17,20H,2,18-19H2,1H3,(H2,31,34)(H,33,38). The van der Waals surface area contributed by atoms with E-state index in [1.54, 1.807) is 23.6 Å². The van der Waals surface area contributed by atoms with Gasteiger partial charge in [0.1, 0.15) is 11.6 Å². The molecule has 0 fully saturated rings. The third kappa shape index (κ3) is 5.57. The van der Waals surface area contributed by atoms with Gasteiger partial charge in [0, 0.05) is 18.8 Å². The highest BCUT2D eigenvalue weighted by Gasteiger charge is 2.24. The fourth-order valence-corrected chi connectivity index (χ4v) is 4.48. The topological polar surface area (TPSA) is 115 Å². The van der Waals surface area contributed by atoms with Crippen LogP contribution in [-0.4, -0.2) is 33.6 Å². The second kappa shape index (κ2) is 11.5. The Labute approximate surface area is 225 Å². The van der Waals surface area contributed by atoms with Gasteiger partial charge in [0.25, 0.3) is 0 Å². The summed E-state index contributed by atoms with van der Waals surface area (Å²) in [5.74, 6) is 0.961. The van der Waals surface area contributed by atoms with Crippen molar-refractivity contribution in [3.05, 3.63) is 108 Å². The van der Waals surface area contributed by atoms with Crippen LogP contribution in [0.5, 0.6) is 0 Å². The number of carbonyl (C=O) groups is 2. The van der Waals surface area contributed by atoms with E-state index >= 15 is 0 Å². The Morgan fingerprint density at radius 1 is 0.974 bits per heavy atom. The van der Waals surface area contributed by atoms with Crippen molar-refractivity contribution in [1.29, 1.82) is 0 Å². The minimum atomic E-state index is -0.525. The molecule has 3 N–H and O–H groups in total. The predicted molar refractivity (Wildman–Crippen MR) is 152 cm³/mol. The molecule has 0 aliphatic rings. The molecule has 0 radical (unpaired) electrons. The molecule has 5 rings (SSSR count). The van der Waals surface area contributed by atoms with E-state index in [0.717, 1.165) is 23.0 Å². The number of nitrogen functional groups attached to an aromatic ring is 1. The van der Waals surface area contributed by atoms with Crippen LogP contribution in [-0.2, 0) is 17.8 Å². The van der Waals surface area contributed by atoms with E-state index in [1.165, 1.54) is 6.20 Å². The first-order valence-electron chi connectivity index (χ1n) is 12.6. The average molecular weight is 521 g/mol. The lowest BCUT2D eigenvalue weighted by molar-refractivity contribution is 0.112. The summed E-state index contributed by atoms with van der Waals surface area (Å²) in [5.41, 5.74) is 11.6. The maximum atomic E-state index is 11.9. The fourth-order valence-electron chi connectivity index (χ4n) is 4.48. The van der Waals surface area contributed by atoms with Crippen molar-refractivity contribution >= 4 is 35.3 Å². The van der Waals surface area contributed by atoms with E-state index in [2.05, 4.69) is 44.6 Å². The lowest BCUT2D eigenvalue weighted by Crippen LogP contribution is -2.26. The molecule has 9 heteroatoms. The number of aromatic nitrogens is 3. The van der Waals surface area contributed by atoms with E-state index in [9.17, 15) is 9.59 Å². The minimum absolute atomic E-state index is 0.262. The SMILES string of the molecule is CCOC(=O)Nc1ccc(-c2c(N)nc3c(C=O)cnn3c2N(Cc2ccccc2)Cc2ccccc2)cc1. The smallest absolute Gasteiger partial charge is 0.411 e. The van der Waals surface area contributed by atoms with Gasteiger partial charge < -0.3 is 15.4 Å². The van der Waals surface area contributed by atoms with Gasteiger partial charge in [-0.25, -0.2) is 9.78 Å². The summed E-state index contributed by atoms with van der Waals surface area (Å²) in [5, 5.41) is 7.25. The molecule has 3 aromatic carbocycles. The van der Waals surface area contributed by atoms with Gasteiger partial charge in [-0.15, -0.1) is 0 Å². The summed E-state index contributed by atoms with van der Waals surface area (Å²) in [7, 11) is 0. The number of rotatable bonds is 9. The quantitative estimate of drug-likeness (QED) is 0.244. The maximum absolute atomic E-state index is 11.9. The molecule has 2 aromatic heterocycles. The summed E-state index contributed by atoms with van der Waals surface area (Å²) in [6, 6.07) is 27.5. The molecule has 2 heterocycles. The van der Waals surface area contributed by atoms with E-state index in [1.807, 2.05) is 48.5 Å². The Morgan fingerprint density at radius 3 is 2.15 bits per heavy atom. The van der Waals surface area contributed by atoms with Gasteiger partial charge in [-0.3, -0.25) is 10.1 Å². The van der Waals surface area contributed by atoms with Crippen LogP contribution in [0.2, 0.25) is 0 Å². The first-order valence-corrected chi connectivity index (χ1v) is 12.6. The Morgan fingerprint density at radius 2 is 1.59 bits per heavy atom. The second-order valence-corrected chi connectivity index (χ2v) is 8.90. The van der Waals surface area contributed by atoms with Crippen LogP contribution in [0.25, 0.3) is 16.8 Å². The van der Waals surface area contributed by atoms with Gasteiger partial charge in [0.2, 0.25) is 0 Å². The van der Waals surface area contributed by atoms with Gasteiger partial charge in [0.15, 0.2) is 11.9 Å². The zero-order valence-electron chi connectivity index (χ0n) is 21.4. The number of carbonyl (C=O) groups excluding carboxylic acids is 2. The van der Waals surface area contributed by atoms with Crippen LogP contribution in [0.3, 0.4) is 0 Å². The number of fused-ring (bicyclic) bond motifs is 1. The van der Waals surface area contributed by atoms with Crippen molar-refractivity contribution in [1.82, 2.24) is 14.6 Å². The van der Waals surface area contributed by atoms with Crippen LogP contribution < -0.4 is 16.0 Å². The average Bonchev–Trinajstić information content (AvgIpc) is 3.36. The molecule has 0 spiro atoms. The third-order valence-electron chi connectivity index (χ3n) is 6.23. The Kier molecular flexibility index (Phi) is 7.49. The molecule has 0 atom stereocenters. The summed E-state index contributed by atoms with van der Waals surface area (Å²) in [6.45, 7) is 3.14. The van der Waals surface area contributed by atoms with Crippen LogP contribution in [0.1, 0.15) is 28.4 Å². The lowest BCUT2D eigenvalue weighted by Gasteiger charge is -2.28. The lowest BCUT2D eigenvalue weighted by atomic mass is 10.0. The summed E-state index contributed by atoms with van der Waals surface area (Å²) in [6.07, 6.45) is 1.70. The van der Waals surface area contributed by atoms with Gasteiger partial charge >= 0.3 is 6.09 Å². The number of nitrogens with zero attached hydrogens (tertiary/aromatic N) is 4. The number of hydrogen-bond donors (Lipinski definition) is 2. The number of anilines is 3. The van der Waals surface area contributed by atoms with Crippen molar-refractivity contribution in [2.75, 3.05) is 22.6 Å². The molecule has 196 valence electrons. The summed E-state index contributed by atoms with van der Waals surface area (Å²) < 4.78 is 6.65. The van der Waals surface area contributed by atoms with Crippen molar-refractivity contribution in [2.24, 2.45) is 0 Å². The monoisotopic (exact) mass is 520 g/mol. The molecule has 0 bridgehead atoms. The molecule has 9 nitrogen and oxygen atoms in total. The van der Waals surface area contributed by atoms with Crippen molar-refractivity contribution in [3.63, 3.8) is 0 Å². The van der Waals surface area contributed by atoms with Gasteiger partial charge in [0.05, 0.1) is 23.9 Å². The zero-order chi connectivity index (χ0) is 27.2. The van der Waals surface area contributed by atoms with Crippen molar-refractivity contribution < 1.29 is 14.3 Å². The molecule has 1 amide bonds. The van der Waals surface area contributed by atoms with Crippen molar-refractivity contribution in [2.45, 2.75) is 20.0 Å². The van der Waals surface area contributed by atoms with Gasteiger partial charge in [-0.2, -0.15) is 9.61 Å². The number of amides is 1.